The first-order chi connectivity index (χ1) is 8.15. The molecule has 0 aromatic heterocycles. The van der Waals surface area contributed by atoms with Gasteiger partial charge in [0, 0.05) is 10.0 Å². The van der Waals surface area contributed by atoms with Gasteiger partial charge in [0.05, 0.1) is 0 Å². The van der Waals surface area contributed by atoms with Crippen LogP contribution in [-0.2, 0) is 0 Å². The summed E-state index contributed by atoms with van der Waals surface area (Å²) in [6.07, 6.45) is 0.909. The van der Waals surface area contributed by atoms with Crippen LogP contribution in [0.1, 0.15) is 21.5 Å². The second kappa shape index (κ2) is 4.84. The van der Waals surface area contributed by atoms with E-state index < -0.39 is 0 Å². The molecule has 0 N–H and O–H groups in total. The number of benzene rings is 2. The molecule has 0 aliphatic rings. The Morgan fingerprint density at radius 2 is 1.53 bits per heavy atom. The van der Waals surface area contributed by atoms with Gasteiger partial charge in [-0.25, -0.2) is 0 Å². The summed E-state index contributed by atoms with van der Waals surface area (Å²) in [4.78, 5) is 11.0. The van der Waals surface area contributed by atoms with Crippen molar-refractivity contribution in [1.29, 1.82) is 0 Å². The van der Waals surface area contributed by atoms with Gasteiger partial charge in [0.2, 0.25) is 0 Å². The molecule has 0 unspecified atom stereocenters. The first kappa shape index (κ1) is 12.1. The highest BCUT2D eigenvalue weighted by atomic mass is 79.9. The van der Waals surface area contributed by atoms with Gasteiger partial charge in [0.25, 0.3) is 0 Å². The smallest absolute Gasteiger partial charge is 0.150 e. The minimum Gasteiger partial charge on any atom is -0.298 e. The summed E-state index contributed by atoms with van der Waals surface area (Å²) in [6, 6.07) is 11.9. The minimum absolute atomic E-state index is 0.752. The molecular weight excluding hydrogens is 276 g/mol. The van der Waals surface area contributed by atoms with Crippen LogP contribution >= 0.6 is 15.9 Å². The maximum Gasteiger partial charge on any atom is 0.150 e. The maximum atomic E-state index is 11.0. The Morgan fingerprint density at radius 1 is 0.941 bits per heavy atom. The number of rotatable bonds is 2. The van der Waals surface area contributed by atoms with Gasteiger partial charge in [-0.05, 0) is 42.2 Å². The zero-order chi connectivity index (χ0) is 12.4. The lowest BCUT2D eigenvalue weighted by Crippen LogP contribution is -1.92. The monoisotopic (exact) mass is 288 g/mol. The highest BCUT2D eigenvalue weighted by Crippen LogP contribution is 2.31. The largest absolute Gasteiger partial charge is 0.298 e. The van der Waals surface area contributed by atoms with Gasteiger partial charge in [-0.3, -0.25) is 4.79 Å². The van der Waals surface area contributed by atoms with Crippen molar-refractivity contribution in [2.24, 2.45) is 0 Å². The molecule has 0 bridgehead atoms. The molecule has 2 aromatic carbocycles. The van der Waals surface area contributed by atoms with Crippen LogP contribution in [0, 0.1) is 13.8 Å². The lowest BCUT2D eigenvalue weighted by Gasteiger charge is -2.11. The van der Waals surface area contributed by atoms with Gasteiger partial charge in [-0.15, -0.1) is 0 Å². The zero-order valence-electron chi connectivity index (χ0n) is 9.83. The van der Waals surface area contributed by atoms with Crippen LogP contribution in [0.15, 0.2) is 40.9 Å². The number of hydrogen-bond donors (Lipinski definition) is 0. The lowest BCUT2D eigenvalue weighted by molar-refractivity contribution is 0.112. The van der Waals surface area contributed by atoms with Crippen molar-refractivity contribution in [3.63, 3.8) is 0 Å². The Kier molecular flexibility index (Phi) is 3.43. The van der Waals surface area contributed by atoms with Crippen molar-refractivity contribution in [1.82, 2.24) is 0 Å². The fourth-order valence-corrected chi connectivity index (χ4v) is 2.34. The lowest BCUT2D eigenvalue weighted by atomic mass is 9.94. The summed E-state index contributed by atoms with van der Waals surface area (Å²) in [6.45, 7) is 4.06. The van der Waals surface area contributed by atoms with Crippen LogP contribution in [0.4, 0.5) is 0 Å². The van der Waals surface area contributed by atoms with Crippen LogP contribution in [0.5, 0.6) is 0 Å². The minimum atomic E-state index is 0.752. The van der Waals surface area contributed by atoms with Crippen LogP contribution in [0.25, 0.3) is 11.1 Å². The van der Waals surface area contributed by atoms with E-state index in [1.807, 2.05) is 31.2 Å². The quantitative estimate of drug-likeness (QED) is 0.741. The van der Waals surface area contributed by atoms with E-state index in [-0.39, 0.29) is 0 Å². The van der Waals surface area contributed by atoms with Crippen LogP contribution < -0.4 is 0 Å². The molecule has 0 aliphatic heterocycles. The molecule has 0 amide bonds. The van der Waals surface area contributed by atoms with Gasteiger partial charge in [0.15, 0.2) is 0 Å². The average Bonchev–Trinajstić information content (AvgIpc) is 2.33. The van der Waals surface area contributed by atoms with E-state index >= 15 is 0 Å². The van der Waals surface area contributed by atoms with E-state index in [4.69, 9.17) is 0 Å². The molecule has 0 saturated carbocycles. The standard InChI is InChI=1S/C15H13BrO/c1-10-12(9-17)5-3-6-13(10)14-7-4-8-15(16)11(14)2/h3-9H,1-2H3. The molecule has 2 aromatic rings. The van der Waals surface area contributed by atoms with E-state index in [9.17, 15) is 4.79 Å². The summed E-state index contributed by atoms with van der Waals surface area (Å²) in [5, 5.41) is 0. The summed E-state index contributed by atoms with van der Waals surface area (Å²) < 4.78 is 1.09. The Morgan fingerprint density at radius 3 is 2.18 bits per heavy atom. The third-order valence-corrected chi connectivity index (χ3v) is 3.92. The molecule has 17 heavy (non-hydrogen) atoms. The Labute approximate surface area is 110 Å². The molecule has 2 heteroatoms. The van der Waals surface area contributed by atoms with Crippen molar-refractivity contribution < 1.29 is 4.79 Å². The van der Waals surface area contributed by atoms with E-state index in [0.29, 0.717) is 0 Å². The number of aldehydes is 1. The normalized spacial score (nSPS) is 10.3. The second-order valence-electron chi connectivity index (χ2n) is 4.05. The van der Waals surface area contributed by atoms with E-state index in [2.05, 4.69) is 35.0 Å². The van der Waals surface area contributed by atoms with Gasteiger partial charge < -0.3 is 0 Å². The van der Waals surface area contributed by atoms with Crippen LogP contribution in [-0.4, -0.2) is 6.29 Å². The number of carbonyl (C=O) groups excluding carboxylic acids is 1. The summed E-state index contributed by atoms with van der Waals surface area (Å²) in [5.41, 5.74) is 5.26. The maximum absolute atomic E-state index is 11.0. The van der Waals surface area contributed by atoms with Gasteiger partial charge >= 0.3 is 0 Å². The van der Waals surface area contributed by atoms with E-state index in [1.165, 1.54) is 11.1 Å². The summed E-state index contributed by atoms with van der Waals surface area (Å²) in [5.74, 6) is 0. The molecule has 0 heterocycles. The second-order valence-corrected chi connectivity index (χ2v) is 4.90. The summed E-state index contributed by atoms with van der Waals surface area (Å²) in [7, 11) is 0. The highest BCUT2D eigenvalue weighted by Gasteiger charge is 2.09. The number of carbonyl (C=O) groups is 1. The SMILES string of the molecule is Cc1c(Br)cccc1-c1cccc(C=O)c1C. The molecule has 0 fully saturated rings. The molecule has 0 radical (unpaired) electrons. The first-order valence-electron chi connectivity index (χ1n) is 5.45. The van der Waals surface area contributed by atoms with Gasteiger partial charge in [0.1, 0.15) is 6.29 Å². The van der Waals surface area contributed by atoms with Crippen molar-refractivity contribution in [3.8, 4) is 11.1 Å². The van der Waals surface area contributed by atoms with Crippen LogP contribution in [0.3, 0.4) is 0 Å². The predicted octanol–water partition coefficient (Wildman–Crippen LogP) is 4.55. The molecular formula is C15H13BrO. The van der Waals surface area contributed by atoms with Crippen molar-refractivity contribution in [2.45, 2.75) is 13.8 Å². The zero-order valence-corrected chi connectivity index (χ0v) is 11.4. The molecule has 2 rings (SSSR count). The fraction of sp³-hybridized carbons (Fsp3) is 0.133. The Balaban J connectivity index is 2.69. The molecule has 0 spiro atoms. The van der Waals surface area contributed by atoms with Crippen molar-refractivity contribution in [3.05, 3.63) is 57.6 Å². The highest BCUT2D eigenvalue weighted by molar-refractivity contribution is 9.10. The summed E-state index contributed by atoms with van der Waals surface area (Å²) >= 11 is 3.53. The van der Waals surface area contributed by atoms with E-state index in [1.54, 1.807) is 0 Å². The molecule has 0 aliphatic carbocycles. The third-order valence-electron chi connectivity index (χ3n) is 3.06. The Bertz CT molecular complexity index is 573. The Hall–Kier alpha value is -1.41. The van der Waals surface area contributed by atoms with Gasteiger partial charge in [-0.1, -0.05) is 46.3 Å². The first-order valence-corrected chi connectivity index (χ1v) is 6.24. The molecule has 86 valence electrons. The molecule has 0 atom stereocenters. The topological polar surface area (TPSA) is 17.1 Å². The molecule has 1 nitrogen and oxygen atoms in total. The number of halogens is 1. The van der Waals surface area contributed by atoms with Crippen molar-refractivity contribution in [2.75, 3.05) is 0 Å². The van der Waals surface area contributed by atoms with E-state index in [0.717, 1.165) is 27.4 Å². The number of hydrogen-bond acceptors (Lipinski definition) is 1. The fourth-order valence-electron chi connectivity index (χ4n) is 1.97. The molecule has 0 saturated heterocycles. The predicted molar refractivity (Wildman–Crippen MR) is 74.4 cm³/mol. The van der Waals surface area contributed by atoms with Crippen LogP contribution in [0.2, 0.25) is 0 Å². The van der Waals surface area contributed by atoms with Crippen molar-refractivity contribution >= 4 is 22.2 Å². The third kappa shape index (κ3) is 2.18. The average molecular weight is 289 g/mol. The van der Waals surface area contributed by atoms with Gasteiger partial charge in [-0.2, -0.15) is 0 Å².